The van der Waals surface area contributed by atoms with Gasteiger partial charge < -0.3 is 10.0 Å². The third-order valence-electron chi connectivity index (χ3n) is 4.05. The van der Waals surface area contributed by atoms with Crippen LogP contribution in [0.2, 0.25) is 0 Å². The largest absolute Gasteiger partial charge is 0.481 e. The zero-order valence-corrected chi connectivity index (χ0v) is 11.9. The molecule has 1 aliphatic heterocycles. The number of aliphatic carboxylic acids is 1. The Kier molecular flexibility index (Phi) is 3.99. The highest BCUT2D eigenvalue weighted by Gasteiger charge is 2.24. The molecular weight excluding hydrogens is 266 g/mol. The number of para-hydroxylation sites is 2. The zero-order chi connectivity index (χ0) is 14.7. The van der Waals surface area contributed by atoms with Crippen molar-refractivity contribution in [1.82, 2.24) is 9.97 Å². The Morgan fingerprint density at radius 2 is 2.10 bits per heavy atom. The van der Waals surface area contributed by atoms with Crippen LogP contribution in [-0.4, -0.2) is 33.6 Å². The number of nitrogens with zero attached hydrogens (tertiary/aromatic N) is 3. The maximum Gasteiger partial charge on any atom is 0.303 e. The molecule has 5 nitrogen and oxygen atoms in total. The third-order valence-corrected chi connectivity index (χ3v) is 4.05. The van der Waals surface area contributed by atoms with Crippen LogP contribution >= 0.6 is 0 Å². The van der Waals surface area contributed by atoms with Gasteiger partial charge in [-0.2, -0.15) is 0 Å². The van der Waals surface area contributed by atoms with Gasteiger partial charge in [0.15, 0.2) is 0 Å². The van der Waals surface area contributed by atoms with Crippen molar-refractivity contribution < 1.29 is 9.90 Å². The molecule has 1 fully saturated rings. The fraction of sp³-hybridized carbons (Fsp3) is 0.438. The van der Waals surface area contributed by atoms with E-state index in [0.717, 1.165) is 42.7 Å². The second kappa shape index (κ2) is 6.08. The van der Waals surface area contributed by atoms with E-state index >= 15 is 0 Å². The van der Waals surface area contributed by atoms with E-state index in [1.54, 1.807) is 6.20 Å². The number of hydrogen-bond donors (Lipinski definition) is 1. The van der Waals surface area contributed by atoms with E-state index in [4.69, 9.17) is 10.1 Å². The van der Waals surface area contributed by atoms with Crippen LogP contribution in [0.25, 0.3) is 11.0 Å². The summed E-state index contributed by atoms with van der Waals surface area (Å²) in [6, 6.07) is 8.07. The van der Waals surface area contributed by atoms with Crippen LogP contribution < -0.4 is 4.90 Å². The average molecular weight is 285 g/mol. The highest BCUT2D eigenvalue weighted by molar-refractivity contribution is 5.75. The third kappa shape index (κ3) is 3.12. The molecule has 0 spiro atoms. The van der Waals surface area contributed by atoms with Crippen molar-refractivity contribution in [1.29, 1.82) is 0 Å². The Bertz CT molecular complexity index is 644. The minimum atomic E-state index is -0.731. The lowest BCUT2D eigenvalue weighted by Crippen LogP contribution is -2.40. The Balaban J connectivity index is 1.85. The van der Waals surface area contributed by atoms with Crippen molar-refractivity contribution in [3.8, 4) is 0 Å². The molecule has 1 aliphatic rings. The fourth-order valence-corrected chi connectivity index (χ4v) is 2.98. The molecule has 1 saturated heterocycles. The number of anilines is 1. The van der Waals surface area contributed by atoms with Gasteiger partial charge in [0.25, 0.3) is 0 Å². The van der Waals surface area contributed by atoms with Crippen molar-refractivity contribution in [2.24, 2.45) is 0 Å². The van der Waals surface area contributed by atoms with E-state index in [0.29, 0.717) is 6.42 Å². The molecule has 5 heteroatoms. The van der Waals surface area contributed by atoms with Gasteiger partial charge in [-0.05, 0) is 37.8 Å². The number of hydrogen-bond acceptors (Lipinski definition) is 4. The summed E-state index contributed by atoms with van der Waals surface area (Å²) >= 11 is 0. The summed E-state index contributed by atoms with van der Waals surface area (Å²) in [5.74, 6) is 0.133. The number of benzene rings is 1. The number of rotatable bonds is 4. The summed E-state index contributed by atoms with van der Waals surface area (Å²) in [5, 5.41) is 8.90. The SMILES string of the molecule is O=C(O)CCC1CCCCN1c1cnc2ccccc2n1. The van der Waals surface area contributed by atoms with Crippen LogP contribution in [0.1, 0.15) is 32.1 Å². The van der Waals surface area contributed by atoms with Gasteiger partial charge in [0.05, 0.1) is 17.2 Å². The van der Waals surface area contributed by atoms with Crippen LogP contribution in [0.15, 0.2) is 30.5 Å². The first kappa shape index (κ1) is 13.8. The molecule has 0 radical (unpaired) electrons. The number of aromatic nitrogens is 2. The van der Waals surface area contributed by atoms with Crippen LogP contribution in [0.5, 0.6) is 0 Å². The maximum absolute atomic E-state index is 10.8. The molecular formula is C16H19N3O2. The first-order chi connectivity index (χ1) is 10.2. The van der Waals surface area contributed by atoms with Gasteiger partial charge in [-0.3, -0.25) is 9.78 Å². The molecule has 0 bridgehead atoms. The standard InChI is InChI=1S/C16H19N3O2/c20-16(21)9-8-12-5-3-4-10-19(12)15-11-17-13-6-1-2-7-14(13)18-15/h1-2,6-7,11-12H,3-5,8-10H2,(H,20,21). The topological polar surface area (TPSA) is 66.3 Å². The minimum Gasteiger partial charge on any atom is -0.481 e. The van der Waals surface area contributed by atoms with Gasteiger partial charge in [-0.1, -0.05) is 12.1 Å². The molecule has 1 aromatic heterocycles. The van der Waals surface area contributed by atoms with E-state index in [9.17, 15) is 4.79 Å². The lowest BCUT2D eigenvalue weighted by atomic mass is 9.98. The summed E-state index contributed by atoms with van der Waals surface area (Å²) < 4.78 is 0. The Hall–Kier alpha value is -2.17. The normalized spacial score (nSPS) is 18.9. The predicted molar refractivity (Wildman–Crippen MR) is 81.4 cm³/mol. The molecule has 110 valence electrons. The maximum atomic E-state index is 10.8. The van der Waals surface area contributed by atoms with Gasteiger partial charge in [0.2, 0.25) is 0 Å². The van der Waals surface area contributed by atoms with Crippen LogP contribution in [0.3, 0.4) is 0 Å². The quantitative estimate of drug-likeness (QED) is 0.935. The molecule has 0 saturated carbocycles. The van der Waals surface area contributed by atoms with Gasteiger partial charge in [-0.25, -0.2) is 4.98 Å². The fourth-order valence-electron chi connectivity index (χ4n) is 2.98. The van der Waals surface area contributed by atoms with Crippen molar-refractivity contribution in [2.45, 2.75) is 38.1 Å². The van der Waals surface area contributed by atoms with Crippen molar-refractivity contribution in [2.75, 3.05) is 11.4 Å². The Morgan fingerprint density at radius 3 is 2.90 bits per heavy atom. The van der Waals surface area contributed by atoms with Gasteiger partial charge in [0, 0.05) is 19.0 Å². The molecule has 0 amide bonds. The minimum absolute atomic E-state index is 0.210. The molecule has 1 N–H and O–H groups in total. The number of piperidine rings is 1. The van der Waals surface area contributed by atoms with E-state index in [2.05, 4.69) is 9.88 Å². The summed E-state index contributed by atoms with van der Waals surface area (Å²) in [6.07, 6.45) is 6.00. The Morgan fingerprint density at radius 1 is 1.29 bits per heavy atom. The van der Waals surface area contributed by atoms with Crippen LogP contribution in [0.4, 0.5) is 5.82 Å². The van der Waals surface area contributed by atoms with Crippen LogP contribution in [-0.2, 0) is 4.79 Å². The number of carboxylic acid groups (broad SMARTS) is 1. The summed E-state index contributed by atoms with van der Waals surface area (Å²) in [7, 11) is 0. The second-order valence-electron chi connectivity index (χ2n) is 5.49. The second-order valence-corrected chi connectivity index (χ2v) is 5.49. The number of carboxylic acids is 1. The smallest absolute Gasteiger partial charge is 0.303 e. The molecule has 2 aromatic rings. The van der Waals surface area contributed by atoms with Crippen molar-refractivity contribution in [3.05, 3.63) is 30.5 Å². The molecule has 1 atom stereocenters. The van der Waals surface area contributed by atoms with E-state index < -0.39 is 5.97 Å². The molecule has 2 heterocycles. The first-order valence-corrected chi connectivity index (χ1v) is 7.44. The van der Waals surface area contributed by atoms with E-state index in [1.807, 2.05) is 24.3 Å². The lowest BCUT2D eigenvalue weighted by molar-refractivity contribution is -0.137. The van der Waals surface area contributed by atoms with Gasteiger partial charge in [-0.15, -0.1) is 0 Å². The van der Waals surface area contributed by atoms with Crippen molar-refractivity contribution in [3.63, 3.8) is 0 Å². The monoisotopic (exact) mass is 285 g/mol. The van der Waals surface area contributed by atoms with E-state index in [-0.39, 0.29) is 12.5 Å². The predicted octanol–water partition coefficient (Wildman–Crippen LogP) is 2.85. The lowest BCUT2D eigenvalue weighted by Gasteiger charge is -2.36. The van der Waals surface area contributed by atoms with Crippen molar-refractivity contribution >= 4 is 22.8 Å². The molecule has 1 aromatic carbocycles. The Labute approximate surface area is 123 Å². The first-order valence-electron chi connectivity index (χ1n) is 7.44. The molecule has 1 unspecified atom stereocenters. The highest BCUT2D eigenvalue weighted by atomic mass is 16.4. The van der Waals surface area contributed by atoms with E-state index in [1.165, 1.54) is 0 Å². The highest BCUT2D eigenvalue weighted by Crippen LogP contribution is 2.26. The average Bonchev–Trinajstić information content (AvgIpc) is 2.52. The molecule has 21 heavy (non-hydrogen) atoms. The summed E-state index contributed by atoms with van der Waals surface area (Å²) in [5.41, 5.74) is 1.78. The number of carbonyl (C=O) groups is 1. The van der Waals surface area contributed by atoms with Gasteiger partial charge >= 0.3 is 5.97 Å². The molecule has 0 aliphatic carbocycles. The van der Waals surface area contributed by atoms with Gasteiger partial charge in [0.1, 0.15) is 5.82 Å². The number of fused-ring (bicyclic) bond motifs is 1. The summed E-state index contributed by atoms with van der Waals surface area (Å²) in [4.78, 5) is 22.2. The summed E-state index contributed by atoms with van der Waals surface area (Å²) in [6.45, 7) is 0.928. The van der Waals surface area contributed by atoms with Crippen LogP contribution in [0, 0.1) is 0 Å². The zero-order valence-electron chi connectivity index (χ0n) is 11.9. The molecule has 3 rings (SSSR count).